The SMILES string of the molecule is CC1C[C@H]2[C@@H]3CC(F)C4=CC(=O)C=C[C@]4(C)[C@]34OC4C[C@]2(C)[C@@]1(O)C(=O)COC(=O)C(C)(C)C. The van der Waals surface area contributed by atoms with Gasteiger partial charge in [0.25, 0.3) is 0 Å². The van der Waals surface area contributed by atoms with Crippen molar-refractivity contribution in [2.75, 3.05) is 6.61 Å². The van der Waals surface area contributed by atoms with Crippen molar-refractivity contribution in [1.82, 2.24) is 0 Å². The lowest BCUT2D eigenvalue weighted by atomic mass is 9.46. The number of ketones is 2. The number of esters is 1. The molecular weight excluding hydrogens is 439 g/mol. The third-order valence-corrected chi connectivity index (χ3v) is 9.87. The highest BCUT2D eigenvalue weighted by Crippen LogP contribution is 2.76. The van der Waals surface area contributed by atoms with Gasteiger partial charge in [0.05, 0.1) is 11.5 Å². The molecular formula is C27H35FO6. The molecule has 1 spiro atoms. The zero-order valence-electron chi connectivity index (χ0n) is 20.8. The predicted molar refractivity (Wildman–Crippen MR) is 121 cm³/mol. The molecule has 4 fully saturated rings. The van der Waals surface area contributed by atoms with E-state index >= 15 is 4.39 Å². The van der Waals surface area contributed by atoms with E-state index in [1.54, 1.807) is 26.8 Å². The van der Waals surface area contributed by atoms with Crippen molar-refractivity contribution in [3.05, 3.63) is 23.8 Å². The molecule has 186 valence electrons. The summed E-state index contributed by atoms with van der Waals surface area (Å²) in [4.78, 5) is 37.7. The predicted octanol–water partition coefficient (Wildman–Crippen LogP) is 3.51. The van der Waals surface area contributed by atoms with Gasteiger partial charge in [0.2, 0.25) is 5.78 Å². The quantitative estimate of drug-likeness (QED) is 0.497. The number of epoxide rings is 1. The van der Waals surface area contributed by atoms with Crippen LogP contribution in [0.5, 0.6) is 0 Å². The molecule has 9 atom stereocenters. The van der Waals surface area contributed by atoms with Crippen LogP contribution in [0.3, 0.4) is 0 Å². The Bertz CT molecular complexity index is 1040. The van der Waals surface area contributed by atoms with Gasteiger partial charge < -0.3 is 14.6 Å². The summed E-state index contributed by atoms with van der Waals surface area (Å²) in [5.41, 5.74) is -4.17. The van der Waals surface area contributed by atoms with Gasteiger partial charge in [0, 0.05) is 10.8 Å². The molecule has 0 aromatic heterocycles. The Morgan fingerprint density at radius 3 is 2.56 bits per heavy atom. The Morgan fingerprint density at radius 1 is 1.24 bits per heavy atom. The van der Waals surface area contributed by atoms with Crippen molar-refractivity contribution in [2.45, 2.75) is 84.3 Å². The molecule has 0 aromatic carbocycles. The van der Waals surface area contributed by atoms with E-state index < -0.39 is 52.0 Å². The summed E-state index contributed by atoms with van der Waals surface area (Å²) < 4.78 is 27.2. The van der Waals surface area contributed by atoms with Crippen LogP contribution in [0.15, 0.2) is 23.8 Å². The molecule has 1 aliphatic heterocycles. The molecule has 0 amide bonds. The Kier molecular flexibility index (Phi) is 4.83. The molecule has 0 bridgehead atoms. The van der Waals surface area contributed by atoms with E-state index in [-0.39, 0.29) is 36.1 Å². The van der Waals surface area contributed by atoms with Crippen molar-refractivity contribution >= 4 is 17.5 Å². The topological polar surface area (TPSA) is 93.2 Å². The number of Topliss-reactive ketones (excluding diaryl/α,β-unsaturated/α-hetero) is 1. The average Bonchev–Trinajstić information content (AvgIpc) is 3.43. The summed E-state index contributed by atoms with van der Waals surface area (Å²) in [6, 6.07) is 0. The number of alkyl halides is 1. The van der Waals surface area contributed by atoms with E-state index in [0.717, 1.165) is 0 Å². The fourth-order valence-corrected chi connectivity index (χ4v) is 8.03. The fraction of sp³-hybridized carbons (Fsp3) is 0.741. The number of hydrogen-bond acceptors (Lipinski definition) is 6. The maximum absolute atomic E-state index is 15.6. The minimum Gasteiger partial charge on any atom is -0.457 e. The van der Waals surface area contributed by atoms with Gasteiger partial charge in [-0.25, -0.2) is 4.39 Å². The van der Waals surface area contributed by atoms with E-state index in [9.17, 15) is 19.5 Å². The lowest BCUT2D eigenvalue weighted by Crippen LogP contribution is -2.63. The van der Waals surface area contributed by atoms with E-state index in [2.05, 4.69) is 0 Å². The number of fused-ring (bicyclic) bond motifs is 3. The minimum atomic E-state index is -1.70. The summed E-state index contributed by atoms with van der Waals surface area (Å²) in [7, 11) is 0. The molecule has 3 saturated carbocycles. The highest BCUT2D eigenvalue weighted by Gasteiger charge is 2.82. The number of allylic oxidation sites excluding steroid dienone is 2. The van der Waals surface area contributed by atoms with Crippen LogP contribution in [0.4, 0.5) is 4.39 Å². The van der Waals surface area contributed by atoms with Crippen LogP contribution in [-0.4, -0.2) is 52.7 Å². The van der Waals surface area contributed by atoms with Gasteiger partial charge >= 0.3 is 5.97 Å². The largest absolute Gasteiger partial charge is 0.457 e. The number of halogens is 1. The van der Waals surface area contributed by atoms with Crippen molar-refractivity contribution in [3.63, 3.8) is 0 Å². The van der Waals surface area contributed by atoms with E-state index in [1.807, 2.05) is 20.8 Å². The molecule has 6 nitrogen and oxygen atoms in total. The van der Waals surface area contributed by atoms with Crippen LogP contribution >= 0.6 is 0 Å². The molecule has 0 aromatic rings. The van der Waals surface area contributed by atoms with Gasteiger partial charge in [-0.3, -0.25) is 14.4 Å². The number of carbonyl (C=O) groups excluding carboxylic acids is 3. The van der Waals surface area contributed by atoms with Crippen molar-refractivity contribution in [1.29, 1.82) is 0 Å². The lowest BCUT2D eigenvalue weighted by molar-refractivity contribution is -0.174. The molecule has 0 radical (unpaired) electrons. The molecule has 1 N–H and O–H groups in total. The van der Waals surface area contributed by atoms with Crippen molar-refractivity contribution in [3.8, 4) is 0 Å². The van der Waals surface area contributed by atoms with E-state index in [0.29, 0.717) is 18.4 Å². The first-order valence-corrected chi connectivity index (χ1v) is 12.3. The van der Waals surface area contributed by atoms with Gasteiger partial charge in [-0.05, 0) is 82.4 Å². The lowest BCUT2D eigenvalue weighted by Gasteiger charge is -2.56. The van der Waals surface area contributed by atoms with Crippen LogP contribution in [0, 0.1) is 34.0 Å². The summed E-state index contributed by atoms with van der Waals surface area (Å²) in [5.74, 6) is -1.92. The molecule has 7 heteroatoms. The number of aliphatic hydroxyl groups is 1. The first-order valence-electron chi connectivity index (χ1n) is 12.3. The van der Waals surface area contributed by atoms with Crippen LogP contribution in [0.25, 0.3) is 0 Å². The summed E-state index contributed by atoms with van der Waals surface area (Å²) in [6.07, 6.45) is 4.40. The second-order valence-electron chi connectivity index (χ2n) is 12.6. The van der Waals surface area contributed by atoms with Crippen LogP contribution in [0.1, 0.15) is 60.8 Å². The maximum Gasteiger partial charge on any atom is 0.311 e. The highest BCUT2D eigenvalue weighted by molar-refractivity contribution is 6.01. The van der Waals surface area contributed by atoms with Crippen molar-refractivity contribution < 1.29 is 33.4 Å². The smallest absolute Gasteiger partial charge is 0.311 e. The number of ether oxygens (including phenoxy) is 2. The summed E-state index contributed by atoms with van der Waals surface area (Å²) in [5, 5.41) is 12.0. The molecule has 1 heterocycles. The number of hydrogen-bond donors (Lipinski definition) is 1. The second-order valence-corrected chi connectivity index (χ2v) is 12.6. The zero-order valence-corrected chi connectivity index (χ0v) is 20.8. The molecule has 3 unspecified atom stereocenters. The van der Waals surface area contributed by atoms with Gasteiger partial charge in [-0.15, -0.1) is 0 Å². The third-order valence-electron chi connectivity index (χ3n) is 9.87. The molecule has 5 aliphatic rings. The second kappa shape index (κ2) is 6.88. The highest BCUT2D eigenvalue weighted by atomic mass is 19.1. The molecule has 4 aliphatic carbocycles. The average molecular weight is 475 g/mol. The normalized spacial score (nSPS) is 48.8. The Morgan fingerprint density at radius 2 is 1.91 bits per heavy atom. The molecule has 34 heavy (non-hydrogen) atoms. The first kappa shape index (κ1) is 23.9. The van der Waals surface area contributed by atoms with Crippen molar-refractivity contribution in [2.24, 2.45) is 34.0 Å². The van der Waals surface area contributed by atoms with Gasteiger partial charge in [0.1, 0.15) is 17.4 Å². The Labute approximate surface area is 199 Å². The first-order chi connectivity index (χ1) is 15.6. The Balaban J connectivity index is 1.48. The standard InChI is InChI=1S/C27H35FO6/c1-14-9-16-17-11-19(28)18-10-15(29)7-8-24(18,5)27(17)21(34-27)12-25(16,6)26(14,32)20(30)13-33-22(31)23(2,3)4/h7-8,10,14,16-17,19,21,32H,9,11-13H2,1-6H3/t14?,16-,17-,19?,21?,24-,25-,26-,27-/m0/s1. The summed E-state index contributed by atoms with van der Waals surface area (Å²) >= 11 is 0. The summed E-state index contributed by atoms with van der Waals surface area (Å²) in [6.45, 7) is 10.4. The monoisotopic (exact) mass is 474 g/mol. The van der Waals surface area contributed by atoms with Gasteiger partial charge in [-0.2, -0.15) is 0 Å². The van der Waals surface area contributed by atoms with Crippen LogP contribution in [0.2, 0.25) is 0 Å². The third kappa shape index (κ3) is 2.71. The minimum absolute atomic E-state index is 0.142. The number of rotatable bonds is 3. The van der Waals surface area contributed by atoms with Crippen LogP contribution in [-0.2, 0) is 23.9 Å². The van der Waals surface area contributed by atoms with Crippen LogP contribution < -0.4 is 0 Å². The number of carbonyl (C=O) groups is 3. The molecule has 1 saturated heterocycles. The fourth-order valence-electron chi connectivity index (χ4n) is 8.03. The van der Waals surface area contributed by atoms with Gasteiger partial charge in [0.15, 0.2) is 12.4 Å². The molecule has 5 rings (SSSR count). The van der Waals surface area contributed by atoms with E-state index in [4.69, 9.17) is 9.47 Å². The maximum atomic E-state index is 15.6. The van der Waals surface area contributed by atoms with E-state index in [1.165, 1.54) is 12.2 Å². The Hall–Kier alpha value is -1.86. The zero-order chi connectivity index (χ0) is 25.1. The van der Waals surface area contributed by atoms with Gasteiger partial charge in [-0.1, -0.05) is 19.9 Å².